The number of hydrogen-bond acceptors (Lipinski definition) is 3. The van der Waals surface area contributed by atoms with Crippen molar-refractivity contribution >= 4 is 0 Å². The maximum Gasteiger partial charge on any atom is 0.573 e. The van der Waals surface area contributed by atoms with Crippen LogP contribution >= 0.6 is 0 Å². The van der Waals surface area contributed by atoms with Crippen molar-refractivity contribution in [1.82, 2.24) is 0 Å². The molecular weight excluding hydrogens is 448 g/mol. The lowest BCUT2D eigenvalue weighted by Crippen LogP contribution is -2.38. The predicted octanol–water partition coefficient (Wildman–Crippen LogP) is 7.84. The highest BCUT2D eigenvalue weighted by Gasteiger charge is 2.33. The van der Waals surface area contributed by atoms with Gasteiger partial charge in [0.1, 0.15) is 11.6 Å². The Hall–Kier alpha value is -2.12. The zero-order chi connectivity index (χ0) is 24.1. The molecular formula is C27H32F4O3. The molecule has 1 heterocycles. The molecule has 0 radical (unpaired) electrons. The maximum atomic E-state index is 14.9. The molecule has 0 bridgehead atoms. The summed E-state index contributed by atoms with van der Waals surface area (Å²) >= 11 is 0. The Kier molecular flexibility index (Phi) is 8.14. The number of hydrogen-bond donors (Lipinski definition) is 0. The Bertz CT molecular complexity index is 912. The van der Waals surface area contributed by atoms with E-state index in [0.717, 1.165) is 50.9 Å². The van der Waals surface area contributed by atoms with Crippen LogP contribution in [-0.4, -0.2) is 25.9 Å². The maximum absolute atomic E-state index is 14.9. The van der Waals surface area contributed by atoms with E-state index in [1.54, 1.807) is 12.1 Å². The molecule has 1 saturated heterocycles. The van der Waals surface area contributed by atoms with E-state index in [2.05, 4.69) is 11.7 Å². The number of alkyl halides is 3. The van der Waals surface area contributed by atoms with Gasteiger partial charge in [-0.3, -0.25) is 0 Å². The van der Waals surface area contributed by atoms with E-state index in [1.807, 2.05) is 6.07 Å². The minimum Gasteiger partial charge on any atom is -0.406 e. The molecule has 7 heteroatoms. The topological polar surface area (TPSA) is 27.7 Å². The Balaban J connectivity index is 1.31. The zero-order valence-electron chi connectivity index (χ0n) is 19.5. The molecule has 186 valence electrons. The number of benzene rings is 2. The first-order valence-corrected chi connectivity index (χ1v) is 12.2. The molecule has 4 rings (SSSR count). The van der Waals surface area contributed by atoms with Gasteiger partial charge in [0, 0.05) is 17.4 Å². The average Bonchev–Trinajstić information content (AvgIpc) is 2.83. The molecule has 1 aliphatic heterocycles. The molecule has 0 atom stereocenters. The summed E-state index contributed by atoms with van der Waals surface area (Å²) in [6, 6.07) is 10.4. The molecule has 34 heavy (non-hydrogen) atoms. The van der Waals surface area contributed by atoms with Crippen LogP contribution in [0.2, 0.25) is 0 Å². The number of unbranched alkanes of at least 4 members (excludes halogenated alkanes) is 1. The third-order valence-electron chi connectivity index (χ3n) is 6.98. The highest BCUT2D eigenvalue weighted by molar-refractivity contribution is 5.65. The second kappa shape index (κ2) is 11.1. The number of ether oxygens (including phenoxy) is 3. The average molecular weight is 481 g/mol. The fraction of sp³-hybridized carbons (Fsp3) is 0.556. The third-order valence-corrected chi connectivity index (χ3v) is 6.98. The van der Waals surface area contributed by atoms with Crippen molar-refractivity contribution in [2.24, 2.45) is 11.8 Å². The SMILES string of the molecule is CCCCC1COC(C2CCC(c3ccc(-c4ccc(OC(F)(F)F)cc4)c(F)c3)CC2)OC1. The van der Waals surface area contributed by atoms with Gasteiger partial charge in [-0.25, -0.2) is 4.39 Å². The largest absolute Gasteiger partial charge is 0.573 e. The van der Waals surface area contributed by atoms with Crippen LogP contribution in [0, 0.1) is 17.7 Å². The van der Waals surface area contributed by atoms with Crippen LogP contribution < -0.4 is 4.74 Å². The van der Waals surface area contributed by atoms with Crippen LogP contribution in [0.1, 0.15) is 63.4 Å². The van der Waals surface area contributed by atoms with Gasteiger partial charge in [-0.2, -0.15) is 0 Å². The quantitative estimate of drug-likeness (QED) is 0.378. The molecule has 2 aromatic carbocycles. The standard InChI is InChI=1S/C27H32F4O3/c1-2-3-4-18-16-32-26(33-17-18)21-7-5-19(6-8-21)22-11-14-24(25(28)15-22)20-9-12-23(13-10-20)34-27(29,30)31/h9-15,18-19,21,26H,2-8,16-17H2,1H3. The van der Waals surface area contributed by atoms with Gasteiger partial charge in [-0.1, -0.05) is 44.0 Å². The van der Waals surface area contributed by atoms with Gasteiger partial charge in [0.15, 0.2) is 6.29 Å². The number of halogens is 4. The Labute approximate surface area is 198 Å². The molecule has 0 aromatic heterocycles. The lowest BCUT2D eigenvalue weighted by Gasteiger charge is -2.37. The summed E-state index contributed by atoms with van der Waals surface area (Å²) in [7, 11) is 0. The molecule has 0 spiro atoms. The van der Waals surface area contributed by atoms with Crippen LogP contribution in [-0.2, 0) is 9.47 Å². The van der Waals surface area contributed by atoms with E-state index in [0.29, 0.717) is 23.0 Å². The molecule has 1 saturated carbocycles. The predicted molar refractivity (Wildman–Crippen MR) is 122 cm³/mol. The molecule has 1 aliphatic carbocycles. The van der Waals surface area contributed by atoms with Gasteiger partial charge in [0.25, 0.3) is 0 Å². The van der Waals surface area contributed by atoms with Gasteiger partial charge in [-0.15, -0.1) is 13.2 Å². The van der Waals surface area contributed by atoms with Crippen LogP contribution in [0.4, 0.5) is 17.6 Å². The fourth-order valence-corrected chi connectivity index (χ4v) is 5.07. The first-order chi connectivity index (χ1) is 16.3. The summed E-state index contributed by atoms with van der Waals surface area (Å²) in [4.78, 5) is 0. The Morgan fingerprint density at radius 1 is 0.941 bits per heavy atom. The third kappa shape index (κ3) is 6.51. The minimum atomic E-state index is -4.75. The van der Waals surface area contributed by atoms with E-state index in [-0.39, 0.29) is 23.8 Å². The van der Waals surface area contributed by atoms with Gasteiger partial charge < -0.3 is 14.2 Å². The second-order valence-corrected chi connectivity index (χ2v) is 9.47. The van der Waals surface area contributed by atoms with Crippen LogP contribution in [0.15, 0.2) is 42.5 Å². The first kappa shape index (κ1) is 25.0. The molecule has 0 N–H and O–H groups in total. The van der Waals surface area contributed by atoms with Crippen molar-refractivity contribution in [3.8, 4) is 16.9 Å². The van der Waals surface area contributed by atoms with Gasteiger partial charge >= 0.3 is 6.36 Å². The normalized spacial score (nSPS) is 25.8. The van der Waals surface area contributed by atoms with Crippen LogP contribution in [0.3, 0.4) is 0 Å². The monoisotopic (exact) mass is 480 g/mol. The second-order valence-electron chi connectivity index (χ2n) is 9.47. The van der Waals surface area contributed by atoms with Crippen molar-refractivity contribution in [2.45, 2.75) is 70.4 Å². The van der Waals surface area contributed by atoms with Crippen molar-refractivity contribution in [3.63, 3.8) is 0 Å². The van der Waals surface area contributed by atoms with Crippen LogP contribution in [0.25, 0.3) is 11.1 Å². The van der Waals surface area contributed by atoms with Gasteiger partial charge in [0.05, 0.1) is 13.2 Å². The summed E-state index contributed by atoms with van der Waals surface area (Å²) in [5, 5.41) is 0. The van der Waals surface area contributed by atoms with Crippen molar-refractivity contribution in [3.05, 3.63) is 53.8 Å². The van der Waals surface area contributed by atoms with Crippen molar-refractivity contribution in [1.29, 1.82) is 0 Å². The summed E-state index contributed by atoms with van der Waals surface area (Å²) in [5.74, 6) is 0.462. The molecule has 0 unspecified atom stereocenters. The number of rotatable bonds is 7. The van der Waals surface area contributed by atoms with E-state index < -0.39 is 6.36 Å². The molecule has 2 aliphatic rings. The van der Waals surface area contributed by atoms with Gasteiger partial charge in [-0.05, 0) is 67.3 Å². The lowest BCUT2D eigenvalue weighted by atomic mass is 9.78. The van der Waals surface area contributed by atoms with E-state index in [1.165, 1.54) is 37.1 Å². The smallest absolute Gasteiger partial charge is 0.406 e. The molecule has 3 nitrogen and oxygen atoms in total. The van der Waals surface area contributed by atoms with E-state index in [9.17, 15) is 17.6 Å². The molecule has 2 aromatic rings. The summed E-state index contributed by atoms with van der Waals surface area (Å²) < 4.78 is 67.9. The fourth-order valence-electron chi connectivity index (χ4n) is 5.07. The molecule has 2 fully saturated rings. The lowest BCUT2D eigenvalue weighted by molar-refractivity contribution is -0.274. The summed E-state index contributed by atoms with van der Waals surface area (Å²) in [6.07, 6.45) is 2.56. The summed E-state index contributed by atoms with van der Waals surface area (Å²) in [5.41, 5.74) is 1.82. The first-order valence-electron chi connectivity index (χ1n) is 12.2. The van der Waals surface area contributed by atoms with Crippen molar-refractivity contribution in [2.75, 3.05) is 13.2 Å². The molecule has 0 amide bonds. The minimum absolute atomic E-state index is 0.123. The Morgan fingerprint density at radius 2 is 1.62 bits per heavy atom. The van der Waals surface area contributed by atoms with Crippen molar-refractivity contribution < 1.29 is 31.8 Å². The van der Waals surface area contributed by atoms with E-state index in [4.69, 9.17) is 9.47 Å². The Morgan fingerprint density at radius 3 is 2.21 bits per heavy atom. The summed E-state index contributed by atoms with van der Waals surface area (Å²) in [6.45, 7) is 3.75. The van der Waals surface area contributed by atoms with Gasteiger partial charge in [0.2, 0.25) is 0 Å². The van der Waals surface area contributed by atoms with E-state index >= 15 is 0 Å². The highest BCUT2D eigenvalue weighted by atomic mass is 19.4. The van der Waals surface area contributed by atoms with Crippen LogP contribution in [0.5, 0.6) is 5.75 Å². The zero-order valence-corrected chi connectivity index (χ0v) is 19.5. The highest BCUT2D eigenvalue weighted by Crippen LogP contribution is 2.40.